The normalized spacial score (nSPS) is 10.8. The molecule has 1 heterocycles. The van der Waals surface area contributed by atoms with E-state index in [4.69, 9.17) is 21.4 Å². The van der Waals surface area contributed by atoms with E-state index in [-0.39, 0.29) is 28.5 Å². The topological polar surface area (TPSA) is 147 Å². The Morgan fingerprint density at radius 3 is 2.35 bits per heavy atom. The fourth-order valence-corrected chi connectivity index (χ4v) is 3.68. The number of anilines is 1. The summed E-state index contributed by atoms with van der Waals surface area (Å²) in [6.45, 7) is 8.93. The van der Waals surface area contributed by atoms with Gasteiger partial charge in [-0.1, -0.05) is 37.6 Å². The van der Waals surface area contributed by atoms with Crippen LogP contribution in [0.2, 0.25) is 5.02 Å². The number of rotatable bonds is 8. The zero-order valence-corrected chi connectivity index (χ0v) is 19.4. The summed E-state index contributed by atoms with van der Waals surface area (Å²) >= 11 is 5.81. The van der Waals surface area contributed by atoms with E-state index in [0.717, 1.165) is 19.6 Å². The van der Waals surface area contributed by atoms with Crippen molar-refractivity contribution >= 4 is 33.6 Å². The highest BCUT2D eigenvalue weighted by molar-refractivity contribution is 7.90. The van der Waals surface area contributed by atoms with Crippen LogP contribution in [0.1, 0.15) is 19.7 Å². The van der Waals surface area contributed by atoms with Crippen LogP contribution < -0.4 is 14.8 Å². The number of amides is 2. The van der Waals surface area contributed by atoms with E-state index in [9.17, 15) is 13.2 Å². The number of aryl methyl sites for hydroxylation is 1. The molecule has 11 nitrogen and oxygen atoms in total. The molecule has 13 heteroatoms. The Kier molecular flexibility index (Phi) is 11.1. The molecule has 0 atom stereocenters. The highest BCUT2D eigenvalue weighted by Gasteiger charge is 2.21. The van der Waals surface area contributed by atoms with Crippen LogP contribution in [-0.2, 0) is 10.0 Å². The number of aliphatic hydroxyl groups excluding tert-OH is 1. The molecule has 0 saturated carbocycles. The van der Waals surface area contributed by atoms with Gasteiger partial charge in [0.2, 0.25) is 5.95 Å². The average molecular weight is 475 g/mol. The Bertz CT molecular complexity index is 956. The molecular weight excluding hydrogens is 448 g/mol. The molecule has 0 aliphatic heterocycles. The van der Waals surface area contributed by atoms with Gasteiger partial charge in [-0.3, -0.25) is 5.32 Å². The third-order valence-electron chi connectivity index (χ3n) is 3.80. The summed E-state index contributed by atoms with van der Waals surface area (Å²) in [5.74, 6) is 0.141. The molecule has 172 valence electrons. The number of urea groups is 1. The maximum atomic E-state index is 12.1. The van der Waals surface area contributed by atoms with Crippen LogP contribution in [0.3, 0.4) is 0 Å². The van der Waals surface area contributed by atoms with Gasteiger partial charge in [-0.25, -0.2) is 17.9 Å². The summed E-state index contributed by atoms with van der Waals surface area (Å²) in [5.41, 5.74) is 0. The summed E-state index contributed by atoms with van der Waals surface area (Å²) in [4.78, 5) is 25.3. The lowest BCUT2D eigenvalue weighted by Gasteiger charge is -2.15. The molecule has 31 heavy (non-hydrogen) atoms. The van der Waals surface area contributed by atoms with Crippen LogP contribution in [0.25, 0.3) is 0 Å². The summed E-state index contributed by atoms with van der Waals surface area (Å²) in [6.07, 6.45) is 0. The van der Waals surface area contributed by atoms with Gasteiger partial charge in [0, 0.05) is 6.54 Å². The molecule has 1 aromatic heterocycles. The number of ether oxygens (including phenoxy) is 1. The number of hydrogen-bond acceptors (Lipinski definition) is 9. The maximum absolute atomic E-state index is 12.1. The third-order valence-corrected chi connectivity index (χ3v) is 5.63. The number of likely N-dealkylation sites (N-methyl/N-ethyl adjacent to an activating group) is 1. The molecule has 2 aromatic rings. The largest absolute Gasteiger partial charge is 0.467 e. The van der Waals surface area contributed by atoms with E-state index in [1.165, 1.54) is 25.3 Å². The van der Waals surface area contributed by atoms with Crippen molar-refractivity contribution in [2.45, 2.75) is 25.7 Å². The number of carbonyl (C=O) groups is 1. The number of sulfonamides is 1. The molecule has 0 fully saturated rings. The van der Waals surface area contributed by atoms with Crippen LogP contribution in [0.4, 0.5) is 10.7 Å². The number of carbonyl (C=O) groups excluding carboxylic acids is 1. The fraction of sp³-hybridized carbons (Fsp3) is 0.444. The van der Waals surface area contributed by atoms with Crippen molar-refractivity contribution in [3.05, 3.63) is 35.1 Å². The number of benzene rings is 1. The van der Waals surface area contributed by atoms with Gasteiger partial charge in [0.15, 0.2) is 0 Å². The number of methoxy groups -OCH3 is 1. The van der Waals surface area contributed by atoms with E-state index >= 15 is 0 Å². The van der Waals surface area contributed by atoms with Crippen molar-refractivity contribution in [3.63, 3.8) is 0 Å². The van der Waals surface area contributed by atoms with E-state index in [0.29, 0.717) is 5.82 Å². The predicted octanol–water partition coefficient (Wildman–Crippen LogP) is 1.67. The predicted molar refractivity (Wildman–Crippen MR) is 117 cm³/mol. The minimum absolute atomic E-state index is 0.00882. The lowest BCUT2D eigenvalue weighted by atomic mass is 10.4. The number of aromatic nitrogens is 3. The standard InChI is InChI=1S/C12H12ClN5O4S.C6H15NO/c1-7-14-10(17-12(15-7)22-2)16-11(19)18-23(20,21)9-6-4-3-5-8(9)13;1-3-7(4-2)5-6-8/h3-6H,1-2H3,(H2,14,15,16,17,18,19);8H,3-6H2,1-2H3. The first-order chi connectivity index (χ1) is 14.7. The van der Waals surface area contributed by atoms with Gasteiger partial charge in [0.05, 0.1) is 18.7 Å². The minimum atomic E-state index is -4.13. The van der Waals surface area contributed by atoms with E-state index in [1.54, 1.807) is 13.0 Å². The van der Waals surface area contributed by atoms with Gasteiger partial charge < -0.3 is 14.7 Å². The second-order valence-corrected chi connectivity index (χ2v) is 7.99. The molecule has 0 saturated heterocycles. The van der Waals surface area contributed by atoms with E-state index in [1.807, 2.05) is 4.72 Å². The molecule has 0 spiro atoms. The summed E-state index contributed by atoms with van der Waals surface area (Å²) in [5, 5.41) is 10.6. The SMILES string of the molecule is CCN(CC)CCO.COc1nc(C)nc(NC(=O)NS(=O)(=O)c2ccccc2Cl)n1. The first-order valence-electron chi connectivity index (χ1n) is 9.35. The Morgan fingerprint density at radius 2 is 1.84 bits per heavy atom. The maximum Gasteiger partial charge on any atom is 0.335 e. The van der Waals surface area contributed by atoms with Gasteiger partial charge in [-0.2, -0.15) is 15.0 Å². The van der Waals surface area contributed by atoms with Crippen LogP contribution in [0.5, 0.6) is 6.01 Å². The zero-order chi connectivity index (χ0) is 23.4. The highest BCUT2D eigenvalue weighted by Crippen LogP contribution is 2.20. The van der Waals surface area contributed by atoms with E-state index < -0.39 is 16.1 Å². The Morgan fingerprint density at radius 1 is 1.19 bits per heavy atom. The van der Waals surface area contributed by atoms with Gasteiger partial charge in [-0.15, -0.1) is 0 Å². The first-order valence-corrected chi connectivity index (χ1v) is 11.2. The van der Waals surface area contributed by atoms with Crippen molar-refractivity contribution in [1.82, 2.24) is 24.6 Å². The Hall–Kier alpha value is -2.54. The Labute approximate surface area is 186 Å². The lowest BCUT2D eigenvalue weighted by Crippen LogP contribution is -2.35. The van der Waals surface area contributed by atoms with Crippen molar-refractivity contribution in [2.24, 2.45) is 0 Å². The number of nitrogens with one attached hydrogen (secondary N) is 2. The molecule has 2 rings (SSSR count). The van der Waals surface area contributed by atoms with Gasteiger partial charge in [0.25, 0.3) is 10.0 Å². The number of aliphatic hydroxyl groups is 1. The lowest BCUT2D eigenvalue weighted by molar-refractivity contribution is 0.208. The average Bonchev–Trinajstić information content (AvgIpc) is 2.71. The van der Waals surface area contributed by atoms with Crippen LogP contribution >= 0.6 is 11.6 Å². The monoisotopic (exact) mass is 474 g/mol. The van der Waals surface area contributed by atoms with Crippen LogP contribution in [0.15, 0.2) is 29.2 Å². The number of nitrogens with zero attached hydrogens (tertiary/aromatic N) is 4. The molecule has 0 radical (unpaired) electrons. The second-order valence-electron chi connectivity index (χ2n) is 5.93. The highest BCUT2D eigenvalue weighted by atomic mass is 35.5. The van der Waals surface area contributed by atoms with Crippen molar-refractivity contribution in [1.29, 1.82) is 0 Å². The summed E-state index contributed by atoms with van der Waals surface area (Å²) in [6, 6.07) is 4.67. The molecule has 1 aromatic carbocycles. The Balaban J connectivity index is 0.000000512. The zero-order valence-electron chi connectivity index (χ0n) is 17.8. The van der Waals surface area contributed by atoms with Crippen molar-refractivity contribution in [3.8, 4) is 6.01 Å². The van der Waals surface area contributed by atoms with Gasteiger partial charge >= 0.3 is 12.0 Å². The molecule has 0 unspecified atom stereocenters. The first kappa shape index (κ1) is 26.5. The van der Waals surface area contributed by atoms with E-state index in [2.05, 4.69) is 39.0 Å². The molecule has 0 bridgehead atoms. The number of halogens is 1. The van der Waals surface area contributed by atoms with Crippen molar-refractivity contribution in [2.75, 3.05) is 38.7 Å². The van der Waals surface area contributed by atoms with Crippen molar-refractivity contribution < 1.29 is 23.1 Å². The fourth-order valence-electron chi connectivity index (χ4n) is 2.25. The smallest absolute Gasteiger partial charge is 0.335 e. The molecule has 0 aliphatic rings. The molecular formula is C18H27ClN6O5S. The molecule has 3 N–H and O–H groups in total. The quantitative estimate of drug-likeness (QED) is 0.519. The summed E-state index contributed by atoms with van der Waals surface area (Å²) < 4.78 is 30.9. The van der Waals surface area contributed by atoms with Crippen LogP contribution in [-0.4, -0.2) is 72.8 Å². The molecule has 0 aliphatic carbocycles. The molecule has 2 amide bonds. The van der Waals surface area contributed by atoms with Gasteiger partial charge in [-0.05, 0) is 32.1 Å². The van der Waals surface area contributed by atoms with Gasteiger partial charge in [0.1, 0.15) is 10.7 Å². The second kappa shape index (κ2) is 13.0. The summed E-state index contributed by atoms with van der Waals surface area (Å²) in [7, 11) is -2.78. The number of hydrogen-bond donors (Lipinski definition) is 3. The van der Waals surface area contributed by atoms with Crippen LogP contribution in [0, 0.1) is 6.92 Å². The minimum Gasteiger partial charge on any atom is -0.467 e. The third kappa shape index (κ3) is 9.00.